The summed E-state index contributed by atoms with van der Waals surface area (Å²) in [5, 5.41) is 6.87. The fraction of sp³-hybridized carbons (Fsp3) is 0.714. The average molecular weight is 185 g/mol. The van der Waals surface area contributed by atoms with E-state index < -0.39 is 0 Å². The molecule has 0 amide bonds. The van der Waals surface area contributed by atoms with Crippen molar-refractivity contribution in [1.82, 2.24) is 14.8 Å². The Bertz CT molecular complexity index is 324. The molecule has 1 aromatic rings. The molecule has 1 N–H and O–H groups in total. The van der Waals surface area contributed by atoms with Crippen LogP contribution >= 0.6 is 12.2 Å². The highest BCUT2D eigenvalue weighted by molar-refractivity contribution is 7.71. The van der Waals surface area contributed by atoms with Crippen LogP contribution < -0.4 is 0 Å². The summed E-state index contributed by atoms with van der Waals surface area (Å²) in [6, 6.07) is 0. The van der Waals surface area contributed by atoms with E-state index >= 15 is 0 Å². The second kappa shape index (κ2) is 2.99. The fourth-order valence-corrected chi connectivity index (χ4v) is 1.57. The number of H-pyrrole nitrogens is 1. The van der Waals surface area contributed by atoms with E-state index in [2.05, 4.69) is 10.2 Å². The molecule has 1 aromatic heterocycles. The average Bonchev–Trinajstić information content (AvgIpc) is 2.64. The topological polar surface area (TPSA) is 42.8 Å². The van der Waals surface area contributed by atoms with E-state index in [9.17, 15) is 0 Å². The molecule has 0 saturated carbocycles. The van der Waals surface area contributed by atoms with Gasteiger partial charge < -0.3 is 9.30 Å². The van der Waals surface area contributed by atoms with Gasteiger partial charge in [0.15, 0.2) is 10.6 Å². The van der Waals surface area contributed by atoms with Gasteiger partial charge in [-0.3, -0.25) is 5.10 Å². The predicted molar refractivity (Wildman–Crippen MR) is 46.3 cm³/mol. The van der Waals surface area contributed by atoms with Gasteiger partial charge in [0.2, 0.25) is 0 Å². The first-order valence-electron chi connectivity index (χ1n) is 4.02. The van der Waals surface area contributed by atoms with Crippen molar-refractivity contribution in [1.29, 1.82) is 0 Å². The Morgan fingerprint density at radius 1 is 1.75 bits per heavy atom. The van der Waals surface area contributed by atoms with Gasteiger partial charge in [0.05, 0.1) is 0 Å². The zero-order valence-electron chi connectivity index (χ0n) is 6.91. The lowest BCUT2D eigenvalue weighted by atomic mass is 10.2. The van der Waals surface area contributed by atoms with Crippen LogP contribution in [0.4, 0.5) is 0 Å². The van der Waals surface area contributed by atoms with Crippen LogP contribution in [0, 0.1) is 4.77 Å². The van der Waals surface area contributed by atoms with Gasteiger partial charge >= 0.3 is 0 Å². The summed E-state index contributed by atoms with van der Waals surface area (Å²) in [6.07, 6.45) is 2.31. The summed E-state index contributed by atoms with van der Waals surface area (Å²) < 4.78 is 8.00. The van der Waals surface area contributed by atoms with Gasteiger partial charge in [-0.2, -0.15) is 5.10 Å². The van der Waals surface area contributed by atoms with Crippen molar-refractivity contribution in [3.63, 3.8) is 0 Å². The first-order chi connectivity index (χ1) is 5.79. The molecule has 0 unspecified atom stereocenters. The first-order valence-corrected chi connectivity index (χ1v) is 4.43. The van der Waals surface area contributed by atoms with Gasteiger partial charge in [0.25, 0.3) is 0 Å². The Morgan fingerprint density at radius 2 is 2.58 bits per heavy atom. The largest absolute Gasteiger partial charge is 0.370 e. The molecule has 0 aromatic carbocycles. The number of rotatable bonds is 1. The van der Waals surface area contributed by atoms with E-state index in [-0.39, 0.29) is 6.10 Å². The maximum Gasteiger partial charge on any atom is 0.194 e. The Hall–Kier alpha value is -0.680. The Morgan fingerprint density at radius 3 is 3.08 bits per heavy atom. The minimum absolute atomic E-state index is 0.142. The minimum atomic E-state index is 0.142. The van der Waals surface area contributed by atoms with Crippen LogP contribution in [0.2, 0.25) is 0 Å². The Kier molecular flexibility index (Phi) is 1.98. The highest BCUT2D eigenvalue weighted by Crippen LogP contribution is 2.26. The maximum absolute atomic E-state index is 5.48. The molecule has 1 aliphatic heterocycles. The molecule has 1 atom stereocenters. The van der Waals surface area contributed by atoms with Gasteiger partial charge in [-0.05, 0) is 25.1 Å². The van der Waals surface area contributed by atoms with Gasteiger partial charge in [-0.15, -0.1) is 0 Å². The smallest absolute Gasteiger partial charge is 0.194 e. The zero-order valence-corrected chi connectivity index (χ0v) is 7.73. The van der Waals surface area contributed by atoms with Crippen LogP contribution in [-0.2, 0) is 11.8 Å². The number of aromatic amines is 1. The molecule has 12 heavy (non-hydrogen) atoms. The summed E-state index contributed by atoms with van der Waals surface area (Å²) in [5.41, 5.74) is 0. The summed E-state index contributed by atoms with van der Waals surface area (Å²) >= 11 is 5.00. The predicted octanol–water partition coefficient (Wildman–Crippen LogP) is 1.33. The molecule has 2 heterocycles. The molecule has 1 fully saturated rings. The Balaban J connectivity index is 2.32. The summed E-state index contributed by atoms with van der Waals surface area (Å²) in [5.74, 6) is 0.914. The van der Waals surface area contributed by atoms with Crippen molar-refractivity contribution < 1.29 is 4.74 Å². The third kappa shape index (κ3) is 1.19. The second-order valence-electron chi connectivity index (χ2n) is 2.95. The van der Waals surface area contributed by atoms with Gasteiger partial charge in [-0.1, -0.05) is 0 Å². The molecular weight excluding hydrogens is 174 g/mol. The monoisotopic (exact) mass is 185 g/mol. The van der Waals surface area contributed by atoms with Crippen LogP contribution in [-0.4, -0.2) is 21.4 Å². The third-order valence-electron chi connectivity index (χ3n) is 2.13. The molecule has 66 valence electrons. The van der Waals surface area contributed by atoms with E-state index in [1.165, 1.54) is 0 Å². The van der Waals surface area contributed by atoms with Crippen molar-refractivity contribution in [2.24, 2.45) is 7.05 Å². The summed E-state index contributed by atoms with van der Waals surface area (Å²) in [7, 11) is 1.91. The van der Waals surface area contributed by atoms with Crippen LogP contribution in [0.1, 0.15) is 24.8 Å². The zero-order chi connectivity index (χ0) is 8.55. The molecule has 0 spiro atoms. The molecule has 4 nitrogen and oxygen atoms in total. The maximum atomic E-state index is 5.48. The van der Waals surface area contributed by atoms with Crippen LogP contribution in [0.25, 0.3) is 0 Å². The summed E-state index contributed by atoms with van der Waals surface area (Å²) in [6.45, 7) is 0.838. The van der Waals surface area contributed by atoms with E-state index in [1.54, 1.807) is 0 Å². The van der Waals surface area contributed by atoms with E-state index in [0.29, 0.717) is 4.77 Å². The first kappa shape index (κ1) is 7.94. The van der Waals surface area contributed by atoms with Crippen molar-refractivity contribution in [3.05, 3.63) is 10.6 Å². The number of hydrogen-bond acceptors (Lipinski definition) is 3. The molecule has 1 saturated heterocycles. The van der Waals surface area contributed by atoms with E-state index in [4.69, 9.17) is 17.0 Å². The van der Waals surface area contributed by atoms with Crippen molar-refractivity contribution in [3.8, 4) is 0 Å². The number of aromatic nitrogens is 3. The SMILES string of the molecule is Cn1c([C@@H]2CCCO2)n[nH]c1=S. The number of nitrogens with zero attached hydrogens (tertiary/aromatic N) is 2. The number of nitrogens with one attached hydrogen (secondary N) is 1. The van der Waals surface area contributed by atoms with Crippen molar-refractivity contribution in [2.75, 3.05) is 6.61 Å². The number of hydrogen-bond donors (Lipinski definition) is 1. The van der Waals surface area contributed by atoms with E-state index in [0.717, 1.165) is 25.3 Å². The molecule has 0 radical (unpaired) electrons. The fourth-order valence-electron chi connectivity index (χ4n) is 1.43. The molecule has 5 heteroatoms. The lowest BCUT2D eigenvalue weighted by Crippen LogP contribution is -2.04. The van der Waals surface area contributed by atoms with Gasteiger partial charge in [0, 0.05) is 13.7 Å². The highest BCUT2D eigenvalue weighted by Gasteiger charge is 2.21. The quantitative estimate of drug-likeness (QED) is 0.671. The molecule has 0 bridgehead atoms. The Labute approximate surface area is 75.5 Å². The van der Waals surface area contributed by atoms with Crippen LogP contribution in [0.3, 0.4) is 0 Å². The normalized spacial score (nSPS) is 23.2. The van der Waals surface area contributed by atoms with Crippen LogP contribution in [0.15, 0.2) is 0 Å². The molecule has 1 aliphatic rings. The number of ether oxygens (including phenoxy) is 1. The molecule has 2 rings (SSSR count). The van der Waals surface area contributed by atoms with E-state index in [1.807, 2.05) is 11.6 Å². The standard InChI is InChI=1S/C7H11N3OS/c1-10-6(8-9-7(10)12)5-3-2-4-11-5/h5H,2-4H2,1H3,(H,9,12)/t5-/m0/s1. The molecular formula is C7H11N3OS. The van der Waals surface area contributed by atoms with Gasteiger partial charge in [0.1, 0.15) is 6.10 Å². The van der Waals surface area contributed by atoms with Crippen molar-refractivity contribution in [2.45, 2.75) is 18.9 Å². The lowest BCUT2D eigenvalue weighted by molar-refractivity contribution is 0.102. The third-order valence-corrected chi connectivity index (χ3v) is 2.50. The lowest BCUT2D eigenvalue weighted by Gasteiger charge is -2.06. The molecule has 0 aliphatic carbocycles. The summed E-state index contributed by atoms with van der Waals surface area (Å²) in [4.78, 5) is 0. The highest BCUT2D eigenvalue weighted by atomic mass is 32.1. The van der Waals surface area contributed by atoms with Crippen molar-refractivity contribution >= 4 is 12.2 Å². The van der Waals surface area contributed by atoms with Crippen LogP contribution in [0.5, 0.6) is 0 Å². The minimum Gasteiger partial charge on any atom is -0.370 e. The second-order valence-corrected chi connectivity index (χ2v) is 3.33. The van der Waals surface area contributed by atoms with Gasteiger partial charge in [-0.25, -0.2) is 0 Å².